The maximum atomic E-state index is 13.9. The van der Waals surface area contributed by atoms with Crippen molar-refractivity contribution in [2.24, 2.45) is 0 Å². The summed E-state index contributed by atoms with van der Waals surface area (Å²) in [5, 5.41) is 7.92. The molecule has 2 aromatic heterocycles. The molecule has 7 heteroatoms. The number of anilines is 1. The predicted octanol–water partition coefficient (Wildman–Crippen LogP) is 4.36. The van der Waals surface area contributed by atoms with Crippen molar-refractivity contribution in [3.05, 3.63) is 88.9 Å². The molecule has 0 atom stereocenters. The van der Waals surface area contributed by atoms with Gasteiger partial charge in [0.25, 0.3) is 10.0 Å². The van der Waals surface area contributed by atoms with Gasteiger partial charge in [-0.05, 0) is 74.2 Å². The molecule has 6 nitrogen and oxygen atoms in total. The lowest BCUT2D eigenvalue weighted by atomic mass is 10.1. The molecule has 0 unspecified atom stereocenters. The summed E-state index contributed by atoms with van der Waals surface area (Å²) in [6.07, 6.45) is 3.24. The SMILES string of the molecule is Cc1cc(C)cc(N(Cc2cc(C)ccc2C)S(=O)(=O)c2cccn3cnnc23)c1. The molecule has 4 rings (SSSR count). The van der Waals surface area contributed by atoms with Crippen LogP contribution in [0.4, 0.5) is 5.69 Å². The van der Waals surface area contributed by atoms with Gasteiger partial charge in [0, 0.05) is 6.20 Å². The molecular weight excluding hydrogens is 396 g/mol. The van der Waals surface area contributed by atoms with E-state index in [9.17, 15) is 8.42 Å². The van der Waals surface area contributed by atoms with Gasteiger partial charge in [0.2, 0.25) is 0 Å². The molecular formula is C23H24N4O2S. The topological polar surface area (TPSA) is 67.6 Å². The smallest absolute Gasteiger partial charge is 0.268 e. The number of hydrogen-bond acceptors (Lipinski definition) is 4. The number of aryl methyl sites for hydroxylation is 4. The Labute approximate surface area is 176 Å². The van der Waals surface area contributed by atoms with E-state index in [2.05, 4.69) is 10.2 Å². The number of fused-ring (bicyclic) bond motifs is 1. The maximum Gasteiger partial charge on any atom is 0.268 e. The molecule has 2 aromatic carbocycles. The van der Waals surface area contributed by atoms with Gasteiger partial charge in [-0.3, -0.25) is 8.71 Å². The van der Waals surface area contributed by atoms with Crippen LogP contribution >= 0.6 is 0 Å². The minimum absolute atomic E-state index is 0.131. The van der Waals surface area contributed by atoms with Gasteiger partial charge in [-0.1, -0.05) is 29.8 Å². The summed E-state index contributed by atoms with van der Waals surface area (Å²) >= 11 is 0. The van der Waals surface area contributed by atoms with Crippen LogP contribution in [0.1, 0.15) is 27.8 Å². The molecule has 2 heterocycles. The summed E-state index contributed by atoms with van der Waals surface area (Å²) in [4.78, 5) is 0.131. The lowest BCUT2D eigenvalue weighted by molar-refractivity contribution is 0.590. The number of aromatic nitrogens is 3. The van der Waals surface area contributed by atoms with Crippen molar-refractivity contribution in [2.75, 3.05) is 4.31 Å². The minimum atomic E-state index is -3.90. The highest BCUT2D eigenvalue weighted by atomic mass is 32.2. The van der Waals surface area contributed by atoms with Crippen LogP contribution in [0.2, 0.25) is 0 Å². The van der Waals surface area contributed by atoms with Gasteiger partial charge in [0.1, 0.15) is 11.2 Å². The van der Waals surface area contributed by atoms with Crippen LogP contribution in [0.25, 0.3) is 5.65 Å². The zero-order valence-electron chi connectivity index (χ0n) is 17.5. The average Bonchev–Trinajstić information content (AvgIpc) is 3.16. The Balaban J connectivity index is 1.92. The molecule has 0 spiro atoms. The molecule has 0 saturated heterocycles. The van der Waals surface area contributed by atoms with Crippen molar-refractivity contribution < 1.29 is 8.42 Å². The number of nitrogens with zero attached hydrogens (tertiary/aromatic N) is 4. The van der Waals surface area contributed by atoms with E-state index < -0.39 is 10.0 Å². The Hall–Kier alpha value is -3.19. The van der Waals surface area contributed by atoms with E-state index in [1.807, 2.05) is 64.1 Å². The van der Waals surface area contributed by atoms with Crippen LogP contribution in [-0.2, 0) is 16.6 Å². The van der Waals surface area contributed by atoms with Gasteiger partial charge < -0.3 is 0 Å². The number of pyridine rings is 1. The number of benzene rings is 2. The zero-order chi connectivity index (χ0) is 21.5. The summed E-state index contributed by atoms with van der Waals surface area (Å²) in [5.74, 6) is 0. The van der Waals surface area contributed by atoms with E-state index in [1.165, 1.54) is 10.6 Å². The summed E-state index contributed by atoms with van der Waals surface area (Å²) in [6, 6.07) is 15.2. The minimum Gasteiger partial charge on any atom is -0.288 e. The second-order valence-electron chi connectivity index (χ2n) is 7.72. The highest BCUT2D eigenvalue weighted by molar-refractivity contribution is 7.93. The molecule has 0 saturated carbocycles. The number of sulfonamides is 1. The highest BCUT2D eigenvalue weighted by Gasteiger charge is 2.29. The highest BCUT2D eigenvalue weighted by Crippen LogP contribution is 2.30. The molecule has 0 aliphatic heterocycles. The predicted molar refractivity (Wildman–Crippen MR) is 118 cm³/mol. The Morgan fingerprint density at radius 2 is 1.67 bits per heavy atom. The van der Waals surface area contributed by atoms with Crippen molar-refractivity contribution in [3.63, 3.8) is 0 Å². The fourth-order valence-electron chi connectivity index (χ4n) is 3.68. The first-order valence-corrected chi connectivity index (χ1v) is 11.2. The van der Waals surface area contributed by atoms with Gasteiger partial charge in [0.15, 0.2) is 5.65 Å². The molecule has 0 radical (unpaired) electrons. The molecule has 0 fully saturated rings. The number of rotatable bonds is 5. The largest absolute Gasteiger partial charge is 0.288 e. The molecule has 0 aliphatic carbocycles. The lowest BCUT2D eigenvalue weighted by Crippen LogP contribution is -2.31. The zero-order valence-corrected chi connectivity index (χ0v) is 18.3. The monoisotopic (exact) mass is 420 g/mol. The Kier molecular flexibility index (Phi) is 5.07. The lowest BCUT2D eigenvalue weighted by Gasteiger charge is -2.26. The Morgan fingerprint density at radius 3 is 2.40 bits per heavy atom. The second-order valence-corrected chi connectivity index (χ2v) is 9.55. The van der Waals surface area contributed by atoms with Crippen molar-refractivity contribution >= 4 is 21.4 Å². The Morgan fingerprint density at radius 1 is 0.933 bits per heavy atom. The van der Waals surface area contributed by atoms with Crippen LogP contribution < -0.4 is 4.31 Å². The molecule has 0 bridgehead atoms. The molecule has 154 valence electrons. The van der Waals surface area contributed by atoms with Crippen molar-refractivity contribution in [1.29, 1.82) is 0 Å². The van der Waals surface area contributed by atoms with Gasteiger partial charge in [-0.15, -0.1) is 10.2 Å². The van der Waals surface area contributed by atoms with Gasteiger partial charge in [-0.25, -0.2) is 8.42 Å². The van der Waals surface area contributed by atoms with Crippen molar-refractivity contribution in [3.8, 4) is 0 Å². The summed E-state index contributed by atoms with van der Waals surface area (Å²) in [5.41, 5.74) is 6.06. The quantitative estimate of drug-likeness (QED) is 0.481. The molecule has 30 heavy (non-hydrogen) atoms. The summed E-state index contributed by atoms with van der Waals surface area (Å²) in [6.45, 7) is 8.18. The first-order valence-electron chi connectivity index (χ1n) is 9.71. The van der Waals surface area contributed by atoms with Crippen LogP contribution in [0.3, 0.4) is 0 Å². The van der Waals surface area contributed by atoms with Crippen molar-refractivity contribution in [2.45, 2.75) is 39.1 Å². The third-order valence-corrected chi connectivity index (χ3v) is 6.96. The van der Waals surface area contributed by atoms with Crippen LogP contribution in [-0.4, -0.2) is 23.0 Å². The van der Waals surface area contributed by atoms with E-state index in [1.54, 1.807) is 22.7 Å². The van der Waals surface area contributed by atoms with Crippen LogP contribution in [0.15, 0.2) is 66.0 Å². The van der Waals surface area contributed by atoms with Crippen LogP contribution in [0, 0.1) is 27.7 Å². The third kappa shape index (κ3) is 3.68. The maximum absolute atomic E-state index is 13.9. The second kappa shape index (κ2) is 7.57. The standard InChI is InChI=1S/C23H24N4O2S/c1-16-7-8-19(4)20(11-16)14-27(21-12-17(2)10-18(3)13-21)30(28,29)22-6-5-9-26-15-24-25-23(22)26/h5-13,15H,14H2,1-4H3. The van der Waals surface area contributed by atoms with E-state index in [4.69, 9.17) is 0 Å². The van der Waals surface area contributed by atoms with E-state index >= 15 is 0 Å². The normalized spacial score (nSPS) is 11.7. The van der Waals surface area contributed by atoms with Crippen molar-refractivity contribution in [1.82, 2.24) is 14.6 Å². The summed E-state index contributed by atoms with van der Waals surface area (Å²) in [7, 11) is -3.90. The third-order valence-electron chi connectivity index (χ3n) is 5.17. The van der Waals surface area contributed by atoms with Crippen LogP contribution in [0.5, 0.6) is 0 Å². The van der Waals surface area contributed by atoms with Gasteiger partial charge in [0.05, 0.1) is 12.2 Å². The van der Waals surface area contributed by atoms with Gasteiger partial charge >= 0.3 is 0 Å². The fourth-order valence-corrected chi connectivity index (χ4v) is 5.24. The van der Waals surface area contributed by atoms with E-state index in [0.717, 1.165) is 27.8 Å². The molecule has 0 N–H and O–H groups in total. The first-order chi connectivity index (χ1) is 14.3. The molecule has 4 aromatic rings. The van der Waals surface area contributed by atoms with E-state index in [-0.39, 0.29) is 11.4 Å². The number of hydrogen-bond donors (Lipinski definition) is 0. The van der Waals surface area contributed by atoms with E-state index in [0.29, 0.717) is 11.3 Å². The van der Waals surface area contributed by atoms with Gasteiger partial charge in [-0.2, -0.15) is 0 Å². The summed E-state index contributed by atoms with van der Waals surface area (Å²) < 4.78 is 30.9. The Bertz CT molecular complexity index is 1320. The molecule has 0 amide bonds. The molecule has 0 aliphatic rings. The fraction of sp³-hybridized carbons (Fsp3) is 0.217. The first kappa shape index (κ1) is 20.1. The average molecular weight is 421 g/mol.